The van der Waals surface area contributed by atoms with Gasteiger partial charge in [-0.05, 0) is 24.3 Å². The smallest absolute Gasteiger partial charge is 0.493 e. The average molecular weight is 636 g/mol. The van der Waals surface area contributed by atoms with E-state index in [1.54, 1.807) is 12.1 Å². The summed E-state index contributed by atoms with van der Waals surface area (Å²) in [5, 5.41) is 14.7. The first-order chi connectivity index (χ1) is 21.6. The van der Waals surface area contributed by atoms with Crippen LogP contribution in [0.25, 0.3) is 38.3 Å². The predicted molar refractivity (Wildman–Crippen MR) is 158 cm³/mol. The van der Waals surface area contributed by atoms with Gasteiger partial charge in [-0.2, -0.15) is 0 Å². The molecule has 3 N–H and O–H groups in total. The van der Waals surface area contributed by atoms with Crippen LogP contribution in [-0.2, 0) is 0 Å². The molecule has 0 unspecified atom stereocenters. The van der Waals surface area contributed by atoms with Crippen molar-refractivity contribution < 1.29 is 46.5 Å². The Hall–Kier alpha value is -5.63. The zero-order chi connectivity index (χ0) is 31.9. The Morgan fingerprint density at radius 2 is 1.71 bits per heavy atom. The second-order valence-corrected chi connectivity index (χ2v) is 10.5. The number of halogens is 3. The first-order valence-corrected chi connectivity index (χ1v) is 13.9. The molecule has 6 rings (SSSR count). The third-order valence-electron chi connectivity index (χ3n) is 6.82. The van der Waals surface area contributed by atoms with Gasteiger partial charge in [-0.15, -0.1) is 24.5 Å². The fourth-order valence-electron chi connectivity index (χ4n) is 4.88. The second kappa shape index (κ2) is 11.5. The number of aromatic nitrogens is 3. The fraction of sp³-hybridized carbons (Fsp3) is 0.0968. The number of nitrogen functional groups attached to an aromatic ring is 1. The Bertz CT molecular complexity index is 2040. The van der Waals surface area contributed by atoms with Crippen molar-refractivity contribution in [3.63, 3.8) is 0 Å². The lowest BCUT2D eigenvalue weighted by Gasteiger charge is -2.15. The highest BCUT2D eigenvalue weighted by Gasteiger charge is 2.38. The summed E-state index contributed by atoms with van der Waals surface area (Å²) in [6.45, 7) is 0. The van der Waals surface area contributed by atoms with Crippen molar-refractivity contribution in [3.8, 4) is 51.3 Å². The van der Waals surface area contributed by atoms with Crippen molar-refractivity contribution in [1.29, 1.82) is 0 Å². The molecule has 0 atom stereocenters. The van der Waals surface area contributed by atoms with E-state index in [-0.39, 0.29) is 16.3 Å². The number of hydrogen-bond donors (Lipinski definition) is 2. The van der Waals surface area contributed by atoms with E-state index < -0.39 is 29.5 Å². The summed E-state index contributed by atoms with van der Waals surface area (Å²) in [7, 11) is 3.03. The van der Waals surface area contributed by atoms with Gasteiger partial charge in [-0.1, -0.05) is 42.5 Å². The SMILES string of the molecule is COc1cccc(-c2cc(-c3ccccc3)nc3sc(C(=O)c4c(O)on[n+]4-c4ccc(OC(F)(F)F)cc4)c(N)c23)c1OC. The molecular weight excluding hydrogens is 613 g/mol. The van der Waals surface area contributed by atoms with Crippen molar-refractivity contribution in [3.05, 3.63) is 89.4 Å². The van der Waals surface area contributed by atoms with E-state index in [1.165, 1.54) is 26.4 Å². The van der Waals surface area contributed by atoms with E-state index in [0.717, 1.165) is 33.7 Å². The number of aromatic hydroxyl groups is 1. The van der Waals surface area contributed by atoms with Gasteiger partial charge in [0.25, 0.3) is 5.78 Å². The number of ether oxygens (including phenoxy) is 3. The number of methoxy groups -OCH3 is 2. The van der Waals surface area contributed by atoms with Crippen LogP contribution in [0.15, 0.2) is 83.4 Å². The average Bonchev–Trinajstić information content (AvgIpc) is 3.59. The molecule has 0 radical (unpaired) electrons. The molecular formula is C31H22F3N4O6S+. The lowest BCUT2D eigenvalue weighted by Crippen LogP contribution is -2.38. The first kappa shape index (κ1) is 29.4. The number of carbonyl (C=O) groups is 1. The monoisotopic (exact) mass is 635 g/mol. The topological polar surface area (TPSA) is 134 Å². The van der Waals surface area contributed by atoms with E-state index in [4.69, 9.17) is 24.7 Å². The summed E-state index contributed by atoms with van der Waals surface area (Å²) in [4.78, 5) is 19.3. The van der Waals surface area contributed by atoms with Crippen molar-refractivity contribution in [2.45, 2.75) is 6.36 Å². The number of fused-ring (bicyclic) bond motifs is 1. The van der Waals surface area contributed by atoms with Crippen LogP contribution in [0.5, 0.6) is 23.2 Å². The standard InChI is InChI=1S/C31H21F3N4O6S/c1-41-22-10-6-9-19(27(22)42-2)20-15-21(16-7-4-3-5-8-16)36-29-23(20)24(35)28(45-29)26(39)25-30(40)44-37-38(25)17-11-13-18(14-12-17)43-31(32,33)34/h3-15H,1-2H3,(H2-,35,37,39,40)/p+1. The third kappa shape index (κ3) is 5.47. The van der Waals surface area contributed by atoms with Gasteiger partial charge in [-0.3, -0.25) is 9.32 Å². The normalized spacial score (nSPS) is 11.5. The van der Waals surface area contributed by atoms with Crippen LogP contribution in [-0.4, -0.2) is 41.7 Å². The molecule has 228 valence electrons. The number of thiophene rings is 1. The Morgan fingerprint density at radius 1 is 0.978 bits per heavy atom. The lowest BCUT2D eigenvalue weighted by molar-refractivity contribution is -0.672. The fourth-order valence-corrected chi connectivity index (χ4v) is 5.94. The molecule has 6 aromatic rings. The number of para-hydroxylation sites is 1. The van der Waals surface area contributed by atoms with E-state index in [0.29, 0.717) is 38.5 Å². The Kier molecular flexibility index (Phi) is 7.50. The van der Waals surface area contributed by atoms with Crippen LogP contribution in [0, 0.1) is 0 Å². The van der Waals surface area contributed by atoms with Crippen LogP contribution in [0.1, 0.15) is 15.4 Å². The minimum atomic E-state index is -4.89. The molecule has 0 aliphatic rings. The third-order valence-corrected chi connectivity index (χ3v) is 7.92. The Labute approximate surface area is 256 Å². The van der Waals surface area contributed by atoms with E-state index in [2.05, 4.69) is 10.0 Å². The number of benzene rings is 3. The molecule has 14 heteroatoms. The van der Waals surface area contributed by atoms with E-state index >= 15 is 0 Å². The Balaban J connectivity index is 1.52. The second-order valence-electron chi connectivity index (χ2n) is 9.50. The summed E-state index contributed by atoms with van der Waals surface area (Å²) in [5.74, 6) is -1.14. The molecule has 45 heavy (non-hydrogen) atoms. The minimum absolute atomic E-state index is 0.0232. The maximum Gasteiger partial charge on any atom is 0.573 e. The molecule has 0 amide bonds. The maximum absolute atomic E-state index is 14.0. The van der Waals surface area contributed by atoms with Crippen LogP contribution < -0.4 is 24.6 Å². The number of rotatable bonds is 8. The molecule has 3 heterocycles. The molecule has 0 aliphatic heterocycles. The highest BCUT2D eigenvalue weighted by molar-refractivity contribution is 7.21. The van der Waals surface area contributed by atoms with Gasteiger partial charge in [0.2, 0.25) is 11.0 Å². The Morgan fingerprint density at radius 3 is 2.38 bits per heavy atom. The van der Waals surface area contributed by atoms with Gasteiger partial charge in [0.05, 0.1) is 25.6 Å². The summed E-state index contributed by atoms with van der Waals surface area (Å²) in [6, 6.07) is 21.1. The van der Waals surface area contributed by atoms with Gasteiger partial charge < -0.3 is 25.1 Å². The molecule has 0 spiro atoms. The predicted octanol–water partition coefficient (Wildman–Crippen LogP) is 6.33. The number of nitrogens with zero attached hydrogens (tertiary/aromatic N) is 3. The molecule has 3 aromatic heterocycles. The summed E-state index contributed by atoms with van der Waals surface area (Å²) >= 11 is 0.996. The van der Waals surface area contributed by atoms with Crippen molar-refractivity contribution in [1.82, 2.24) is 10.3 Å². The van der Waals surface area contributed by atoms with Gasteiger partial charge in [0.1, 0.15) is 15.5 Å². The first-order valence-electron chi connectivity index (χ1n) is 13.1. The molecule has 3 aromatic carbocycles. The lowest BCUT2D eigenvalue weighted by atomic mass is 9.98. The highest BCUT2D eigenvalue weighted by atomic mass is 32.1. The number of ketones is 1. The molecule has 10 nitrogen and oxygen atoms in total. The number of nitrogens with two attached hydrogens (primary N) is 1. The minimum Gasteiger partial charge on any atom is -0.493 e. The van der Waals surface area contributed by atoms with Crippen LogP contribution in [0.3, 0.4) is 0 Å². The quantitative estimate of drug-likeness (QED) is 0.145. The van der Waals surface area contributed by atoms with Gasteiger partial charge in [-0.25, -0.2) is 4.98 Å². The zero-order valence-electron chi connectivity index (χ0n) is 23.5. The largest absolute Gasteiger partial charge is 0.573 e. The number of pyridine rings is 1. The molecule has 0 bridgehead atoms. The molecule has 0 saturated heterocycles. The van der Waals surface area contributed by atoms with Crippen molar-refractivity contribution in [2.24, 2.45) is 0 Å². The maximum atomic E-state index is 14.0. The van der Waals surface area contributed by atoms with Crippen LogP contribution >= 0.6 is 11.3 Å². The number of alkyl halides is 3. The van der Waals surface area contributed by atoms with E-state index in [1.807, 2.05) is 42.5 Å². The zero-order valence-corrected chi connectivity index (χ0v) is 24.3. The molecule has 0 aliphatic carbocycles. The number of anilines is 1. The molecule has 0 saturated carbocycles. The molecule has 0 fully saturated rings. The summed E-state index contributed by atoms with van der Waals surface area (Å²) in [6.07, 6.45) is -4.89. The van der Waals surface area contributed by atoms with Crippen molar-refractivity contribution >= 4 is 33.0 Å². The highest BCUT2D eigenvalue weighted by Crippen LogP contribution is 2.46. The van der Waals surface area contributed by atoms with Gasteiger partial charge in [0.15, 0.2) is 11.5 Å². The van der Waals surface area contributed by atoms with E-state index in [9.17, 15) is 23.1 Å². The van der Waals surface area contributed by atoms with Crippen molar-refractivity contribution in [2.75, 3.05) is 20.0 Å². The summed E-state index contributed by atoms with van der Waals surface area (Å²) in [5.41, 5.74) is 9.12. The number of hydrogen-bond acceptors (Lipinski definition) is 10. The summed E-state index contributed by atoms with van der Waals surface area (Å²) < 4.78 is 58.9. The van der Waals surface area contributed by atoms with Gasteiger partial charge >= 0.3 is 18.0 Å². The van der Waals surface area contributed by atoms with Crippen LogP contribution in [0.2, 0.25) is 0 Å². The van der Waals surface area contributed by atoms with Crippen LogP contribution in [0.4, 0.5) is 18.9 Å². The van der Waals surface area contributed by atoms with Gasteiger partial charge in [0, 0.05) is 38.9 Å². The number of carbonyl (C=O) groups excluding carboxylic acids is 1.